The van der Waals surface area contributed by atoms with Crippen molar-refractivity contribution in [1.29, 1.82) is 0 Å². The highest BCUT2D eigenvalue weighted by molar-refractivity contribution is 5.78. The van der Waals surface area contributed by atoms with Gasteiger partial charge in [-0.3, -0.25) is 9.69 Å². The van der Waals surface area contributed by atoms with Crippen LogP contribution in [0.4, 0.5) is 0 Å². The average Bonchev–Trinajstić information content (AvgIpc) is 2.55. The van der Waals surface area contributed by atoms with Gasteiger partial charge in [-0.1, -0.05) is 32.1 Å². The largest absolute Gasteiger partial charge is 0.352 e. The standard InChI is InChI=1S/C15H29N3O/c16-10-11-18(14-8-5-9-14)12-15(19)17-13-6-3-1-2-4-7-13/h13-14H,1-12,16H2,(H,17,19). The monoisotopic (exact) mass is 267 g/mol. The number of nitrogens with two attached hydrogens (primary N) is 1. The lowest BCUT2D eigenvalue weighted by molar-refractivity contribution is -0.124. The van der Waals surface area contributed by atoms with E-state index < -0.39 is 0 Å². The first-order valence-corrected chi connectivity index (χ1v) is 8.03. The van der Waals surface area contributed by atoms with Gasteiger partial charge in [-0.2, -0.15) is 0 Å². The van der Waals surface area contributed by atoms with E-state index in [2.05, 4.69) is 10.2 Å². The molecule has 0 aromatic carbocycles. The van der Waals surface area contributed by atoms with Crippen LogP contribution < -0.4 is 11.1 Å². The van der Waals surface area contributed by atoms with Crippen LogP contribution in [0.25, 0.3) is 0 Å². The van der Waals surface area contributed by atoms with Gasteiger partial charge in [-0.25, -0.2) is 0 Å². The van der Waals surface area contributed by atoms with Crippen LogP contribution in [-0.2, 0) is 4.79 Å². The number of hydrogen-bond donors (Lipinski definition) is 2. The number of nitrogens with zero attached hydrogens (tertiary/aromatic N) is 1. The Kier molecular flexibility index (Phi) is 6.11. The van der Waals surface area contributed by atoms with Gasteiger partial charge in [0, 0.05) is 25.2 Å². The minimum absolute atomic E-state index is 0.201. The van der Waals surface area contributed by atoms with Gasteiger partial charge < -0.3 is 11.1 Å². The Morgan fingerprint density at radius 1 is 1.05 bits per heavy atom. The molecular weight excluding hydrogens is 238 g/mol. The van der Waals surface area contributed by atoms with Crippen LogP contribution in [0.1, 0.15) is 57.8 Å². The first-order chi connectivity index (χ1) is 9.29. The van der Waals surface area contributed by atoms with Gasteiger partial charge in [-0.05, 0) is 25.7 Å². The van der Waals surface area contributed by atoms with Crippen molar-refractivity contribution >= 4 is 5.91 Å². The maximum atomic E-state index is 12.2. The van der Waals surface area contributed by atoms with Gasteiger partial charge in [-0.15, -0.1) is 0 Å². The summed E-state index contributed by atoms with van der Waals surface area (Å²) in [5, 5.41) is 3.23. The number of amides is 1. The van der Waals surface area contributed by atoms with Gasteiger partial charge in [0.05, 0.1) is 6.54 Å². The number of hydrogen-bond acceptors (Lipinski definition) is 3. The van der Waals surface area contributed by atoms with E-state index in [0.29, 0.717) is 25.2 Å². The summed E-state index contributed by atoms with van der Waals surface area (Å²) in [5.74, 6) is 0.201. The maximum absolute atomic E-state index is 12.2. The Hall–Kier alpha value is -0.610. The molecule has 4 heteroatoms. The van der Waals surface area contributed by atoms with Crippen molar-refractivity contribution in [3.05, 3.63) is 0 Å². The summed E-state index contributed by atoms with van der Waals surface area (Å²) < 4.78 is 0. The molecule has 3 N–H and O–H groups in total. The van der Waals surface area contributed by atoms with Gasteiger partial charge in [0.25, 0.3) is 0 Å². The molecule has 0 heterocycles. The summed E-state index contributed by atoms with van der Waals surface area (Å²) in [6.45, 7) is 2.04. The molecule has 0 radical (unpaired) electrons. The molecule has 0 unspecified atom stereocenters. The van der Waals surface area contributed by atoms with Crippen LogP contribution in [0.15, 0.2) is 0 Å². The van der Waals surface area contributed by atoms with E-state index in [9.17, 15) is 4.79 Å². The van der Waals surface area contributed by atoms with Gasteiger partial charge in [0.1, 0.15) is 0 Å². The quantitative estimate of drug-likeness (QED) is 0.719. The molecule has 0 aromatic heterocycles. The number of carbonyl (C=O) groups is 1. The van der Waals surface area contributed by atoms with E-state index in [1.807, 2.05) is 0 Å². The molecule has 1 amide bonds. The van der Waals surface area contributed by atoms with Crippen molar-refractivity contribution in [3.8, 4) is 0 Å². The van der Waals surface area contributed by atoms with Gasteiger partial charge in [0.15, 0.2) is 0 Å². The second-order valence-corrected chi connectivity index (χ2v) is 6.10. The van der Waals surface area contributed by atoms with Crippen LogP contribution in [0.2, 0.25) is 0 Å². The SMILES string of the molecule is NCCN(CC(=O)NC1CCCCCC1)C1CCC1. The summed E-state index contributed by atoms with van der Waals surface area (Å²) in [4.78, 5) is 14.4. The fourth-order valence-electron chi connectivity index (χ4n) is 3.19. The zero-order valence-corrected chi connectivity index (χ0v) is 12.1. The van der Waals surface area contributed by atoms with E-state index >= 15 is 0 Å². The molecule has 2 fully saturated rings. The molecule has 2 saturated carbocycles. The molecule has 0 bridgehead atoms. The second kappa shape index (κ2) is 7.85. The molecule has 0 saturated heterocycles. The number of nitrogens with one attached hydrogen (secondary N) is 1. The Morgan fingerprint density at radius 2 is 1.74 bits per heavy atom. The summed E-state index contributed by atoms with van der Waals surface area (Å²) in [6, 6.07) is 1.01. The Labute approximate surface area is 117 Å². The van der Waals surface area contributed by atoms with E-state index in [0.717, 1.165) is 19.4 Å². The third-order valence-electron chi connectivity index (χ3n) is 4.57. The van der Waals surface area contributed by atoms with E-state index in [-0.39, 0.29) is 5.91 Å². The first-order valence-electron chi connectivity index (χ1n) is 8.03. The van der Waals surface area contributed by atoms with E-state index in [4.69, 9.17) is 5.73 Å². The highest BCUT2D eigenvalue weighted by Crippen LogP contribution is 2.24. The van der Waals surface area contributed by atoms with Crippen LogP contribution in [-0.4, -0.2) is 42.5 Å². The summed E-state index contributed by atoms with van der Waals surface area (Å²) in [6.07, 6.45) is 11.3. The first kappa shape index (κ1) is 14.8. The molecule has 2 rings (SSSR count). The van der Waals surface area contributed by atoms with Crippen LogP contribution in [0.5, 0.6) is 0 Å². The fraction of sp³-hybridized carbons (Fsp3) is 0.933. The second-order valence-electron chi connectivity index (χ2n) is 6.10. The third kappa shape index (κ3) is 4.77. The summed E-state index contributed by atoms with van der Waals surface area (Å²) in [5.41, 5.74) is 5.65. The van der Waals surface area contributed by atoms with Crippen LogP contribution in [0, 0.1) is 0 Å². The smallest absolute Gasteiger partial charge is 0.234 e. The summed E-state index contributed by atoms with van der Waals surface area (Å²) >= 11 is 0. The average molecular weight is 267 g/mol. The maximum Gasteiger partial charge on any atom is 0.234 e. The molecule has 4 nitrogen and oxygen atoms in total. The highest BCUT2D eigenvalue weighted by Gasteiger charge is 2.26. The molecule has 2 aliphatic rings. The van der Waals surface area contributed by atoms with Crippen molar-refractivity contribution in [1.82, 2.24) is 10.2 Å². The van der Waals surface area contributed by atoms with Crippen molar-refractivity contribution in [2.75, 3.05) is 19.6 Å². The lowest BCUT2D eigenvalue weighted by atomic mass is 9.91. The van der Waals surface area contributed by atoms with Crippen molar-refractivity contribution in [2.45, 2.75) is 69.9 Å². The third-order valence-corrected chi connectivity index (χ3v) is 4.57. The topological polar surface area (TPSA) is 58.4 Å². The number of carbonyl (C=O) groups excluding carboxylic acids is 1. The lowest BCUT2D eigenvalue weighted by Gasteiger charge is -2.37. The number of rotatable bonds is 6. The zero-order valence-electron chi connectivity index (χ0n) is 12.1. The molecule has 2 aliphatic carbocycles. The summed E-state index contributed by atoms with van der Waals surface area (Å²) in [7, 11) is 0. The van der Waals surface area contributed by atoms with E-state index in [1.165, 1.54) is 44.9 Å². The highest BCUT2D eigenvalue weighted by atomic mass is 16.2. The molecular formula is C15H29N3O. The minimum atomic E-state index is 0.201. The Morgan fingerprint density at radius 3 is 2.26 bits per heavy atom. The minimum Gasteiger partial charge on any atom is -0.352 e. The fourth-order valence-corrected chi connectivity index (χ4v) is 3.19. The van der Waals surface area contributed by atoms with Gasteiger partial charge >= 0.3 is 0 Å². The molecule has 0 spiro atoms. The molecule has 0 aromatic rings. The normalized spacial score (nSPS) is 22.0. The van der Waals surface area contributed by atoms with E-state index in [1.54, 1.807) is 0 Å². The molecule has 19 heavy (non-hydrogen) atoms. The van der Waals surface area contributed by atoms with Crippen LogP contribution in [0.3, 0.4) is 0 Å². The molecule has 0 aliphatic heterocycles. The van der Waals surface area contributed by atoms with Gasteiger partial charge in [0.2, 0.25) is 5.91 Å². The van der Waals surface area contributed by atoms with Crippen molar-refractivity contribution in [2.24, 2.45) is 5.73 Å². The lowest BCUT2D eigenvalue weighted by Crippen LogP contribution is -2.49. The molecule has 110 valence electrons. The Bertz CT molecular complexity index is 271. The van der Waals surface area contributed by atoms with Crippen molar-refractivity contribution in [3.63, 3.8) is 0 Å². The predicted octanol–water partition coefficient (Wildman–Crippen LogP) is 1.64. The predicted molar refractivity (Wildman–Crippen MR) is 77.9 cm³/mol. The van der Waals surface area contributed by atoms with Crippen LogP contribution >= 0.6 is 0 Å². The van der Waals surface area contributed by atoms with Crippen molar-refractivity contribution < 1.29 is 4.79 Å². The Balaban J connectivity index is 1.74. The zero-order chi connectivity index (χ0) is 13.5. The molecule has 0 atom stereocenters.